The molecular weight excluding hydrogens is 354 g/mol. The van der Waals surface area contributed by atoms with Gasteiger partial charge < -0.3 is 20.7 Å². The van der Waals surface area contributed by atoms with Gasteiger partial charge in [-0.15, -0.1) is 0 Å². The van der Waals surface area contributed by atoms with E-state index in [2.05, 4.69) is 5.32 Å². The molecule has 148 valence electrons. The Morgan fingerprint density at radius 1 is 1.07 bits per heavy atom. The molecule has 2 aromatic rings. The molecule has 6 nitrogen and oxygen atoms in total. The summed E-state index contributed by atoms with van der Waals surface area (Å²) in [6, 6.07) is 16.6. The molecule has 2 amide bonds. The van der Waals surface area contributed by atoms with Crippen LogP contribution in [0.1, 0.15) is 24.1 Å². The smallest absolute Gasteiger partial charge is 0.229 e. The van der Waals surface area contributed by atoms with Crippen LogP contribution in [0.5, 0.6) is 0 Å². The molecule has 2 unspecified atom stereocenters. The minimum absolute atomic E-state index is 0.0996. The highest BCUT2D eigenvalue weighted by Crippen LogP contribution is 2.21. The summed E-state index contributed by atoms with van der Waals surface area (Å²) in [6.07, 6.45) is 0.351. The monoisotopic (exact) mass is 381 g/mol. The van der Waals surface area contributed by atoms with Crippen LogP contribution in [-0.2, 0) is 20.7 Å². The van der Waals surface area contributed by atoms with Crippen LogP contribution in [0.4, 0.5) is 5.69 Å². The maximum atomic E-state index is 12.5. The standard InChI is InChI=1S/C22H27N3O3/c1-16(21(23)18-5-3-2-4-6-18)22(27)24-19-9-7-17(8-10-19)15-20(26)25-11-13-28-14-12-25/h2-10,16,21H,11-15,23H2,1H3,(H,24,27). The molecule has 1 aliphatic heterocycles. The van der Waals surface area contributed by atoms with Gasteiger partial charge >= 0.3 is 0 Å². The van der Waals surface area contributed by atoms with E-state index < -0.39 is 0 Å². The summed E-state index contributed by atoms with van der Waals surface area (Å²) >= 11 is 0. The van der Waals surface area contributed by atoms with Crippen molar-refractivity contribution in [1.29, 1.82) is 0 Å². The lowest BCUT2D eigenvalue weighted by atomic mass is 9.94. The van der Waals surface area contributed by atoms with Gasteiger partial charge in [-0.2, -0.15) is 0 Å². The third-order valence-electron chi connectivity index (χ3n) is 5.08. The molecule has 3 N–H and O–H groups in total. The Morgan fingerprint density at radius 2 is 1.71 bits per heavy atom. The lowest BCUT2D eigenvalue weighted by Gasteiger charge is -2.26. The fourth-order valence-electron chi connectivity index (χ4n) is 3.19. The number of carbonyl (C=O) groups excluding carboxylic acids is 2. The van der Waals surface area contributed by atoms with Gasteiger partial charge in [0.1, 0.15) is 0 Å². The lowest BCUT2D eigenvalue weighted by molar-refractivity contribution is -0.134. The number of hydrogen-bond acceptors (Lipinski definition) is 4. The minimum Gasteiger partial charge on any atom is -0.378 e. The summed E-state index contributed by atoms with van der Waals surface area (Å²) in [5.41, 5.74) is 8.78. The Hall–Kier alpha value is -2.70. The van der Waals surface area contributed by atoms with Crippen molar-refractivity contribution in [2.75, 3.05) is 31.6 Å². The van der Waals surface area contributed by atoms with Crippen molar-refractivity contribution in [1.82, 2.24) is 4.90 Å². The number of rotatable bonds is 6. The van der Waals surface area contributed by atoms with Gasteiger partial charge in [0, 0.05) is 24.8 Å². The maximum Gasteiger partial charge on any atom is 0.229 e. The molecule has 0 spiro atoms. The van der Waals surface area contributed by atoms with Crippen molar-refractivity contribution in [3.63, 3.8) is 0 Å². The molecule has 6 heteroatoms. The van der Waals surface area contributed by atoms with Crippen molar-refractivity contribution in [2.45, 2.75) is 19.4 Å². The minimum atomic E-state index is -0.370. The number of nitrogens with two attached hydrogens (primary N) is 1. The van der Waals surface area contributed by atoms with Gasteiger partial charge in [0.15, 0.2) is 0 Å². The fraction of sp³-hybridized carbons (Fsp3) is 0.364. The van der Waals surface area contributed by atoms with Crippen molar-refractivity contribution in [3.05, 3.63) is 65.7 Å². The van der Waals surface area contributed by atoms with Gasteiger partial charge in [-0.05, 0) is 23.3 Å². The molecular formula is C22H27N3O3. The van der Waals surface area contributed by atoms with E-state index in [-0.39, 0.29) is 23.8 Å². The first-order valence-electron chi connectivity index (χ1n) is 9.60. The molecule has 3 rings (SSSR count). The van der Waals surface area contributed by atoms with Crippen LogP contribution in [0.25, 0.3) is 0 Å². The largest absolute Gasteiger partial charge is 0.378 e. The fourth-order valence-corrected chi connectivity index (χ4v) is 3.19. The summed E-state index contributed by atoms with van der Waals surface area (Å²) in [5, 5.41) is 2.91. The molecule has 0 radical (unpaired) electrons. The van der Waals surface area contributed by atoms with E-state index >= 15 is 0 Å². The molecule has 28 heavy (non-hydrogen) atoms. The summed E-state index contributed by atoms with van der Waals surface area (Å²) in [6.45, 7) is 4.31. The molecule has 0 aliphatic carbocycles. The summed E-state index contributed by atoms with van der Waals surface area (Å²) in [5.74, 6) is -0.402. The predicted molar refractivity (Wildman–Crippen MR) is 109 cm³/mol. The Kier molecular flexibility index (Phi) is 6.79. The second-order valence-electron chi connectivity index (χ2n) is 7.08. The van der Waals surface area contributed by atoms with Gasteiger partial charge in [-0.25, -0.2) is 0 Å². The zero-order chi connectivity index (χ0) is 19.9. The van der Waals surface area contributed by atoms with Crippen LogP contribution in [0.2, 0.25) is 0 Å². The lowest BCUT2D eigenvalue weighted by Crippen LogP contribution is -2.41. The van der Waals surface area contributed by atoms with Crippen molar-refractivity contribution >= 4 is 17.5 Å². The number of morpholine rings is 1. The number of carbonyl (C=O) groups is 2. The molecule has 1 saturated heterocycles. The second kappa shape index (κ2) is 9.48. The van der Waals surface area contributed by atoms with E-state index in [1.165, 1.54) is 0 Å². The third-order valence-corrected chi connectivity index (χ3v) is 5.08. The maximum absolute atomic E-state index is 12.5. The summed E-state index contributed by atoms with van der Waals surface area (Å²) in [4.78, 5) is 26.7. The van der Waals surface area contributed by atoms with Crippen molar-refractivity contribution in [2.24, 2.45) is 11.7 Å². The quantitative estimate of drug-likeness (QED) is 0.804. The number of amides is 2. The summed E-state index contributed by atoms with van der Waals surface area (Å²) < 4.78 is 5.27. The zero-order valence-corrected chi connectivity index (χ0v) is 16.1. The van der Waals surface area contributed by atoms with E-state index in [9.17, 15) is 9.59 Å². The van der Waals surface area contributed by atoms with Gasteiger partial charge in [0.2, 0.25) is 11.8 Å². The van der Waals surface area contributed by atoms with Gasteiger partial charge in [0.05, 0.1) is 25.6 Å². The Balaban J connectivity index is 1.54. The average Bonchev–Trinajstić information content (AvgIpc) is 2.75. The highest BCUT2D eigenvalue weighted by atomic mass is 16.5. The van der Waals surface area contributed by atoms with E-state index in [0.29, 0.717) is 38.4 Å². The van der Waals surface area contributed by atoms with E-state index in [1.54, 1.807) is 0 Å². The Bertz CT molecular complexity index is 786. The SMILES string of the molecule is CC(C(=O)Nc1ccc(CC(=O)N2CCOCC2)cc1)C(N)c1ccccc1. The number of anilines is 1. The number of ether oxygens (including phenoxy) is 1. The molecule has 1 heterocycles. The number of nitrogens with zero attached hydrogens (tertiary/aromatic N) is 1. The number of benzene rings is 2. The number of nitrogens with one attached hydrogen (secondary N) is 1. The van der Waals surface area contributed by atoms with E-state index in [4.69, 9.17) is 10.5 Å². The van der Waals surface area contributed by atoms with E-state index in [0.717, 1.165) is 11.1 Å². The third kappa shape index (κ3) is 5.18. The highest BCUT2D eigenvalue weighted by Gasteiger charge is 2.22. The highest BCUT2D eigenvalue weighted by molar-refractivity contribution is 5.93. The molecule has 1 fully saturated rings. The first kappa shape index (κ1) is 20.0. The van der Waals surface area contributed by atoms with Crippen LogP contribution in [0.3, 0.4) is 0 Å². The number of hydrogen-bond donors (Lipinski definition) is 2. The molecule has 2 atom stereocenters. The zero-order valence-electron chi connectivity index (χ0n) is 16.1. The van der Waals surface area contributed by atoms with Crippen molar-refractivity contribution < 1.29 is 14.3 Å². The van der Waals surface area contributed by atoms with Crippen LogP contribution in [-0.4, -0.2) is 43.0 Å². The topological polar surface area (TPSA) is 84.7 Å². The van der Waals surface area contributed by atoms with E-state index in [1.807, 2.05) is 66.4 Å². The molecule has 1 aliphatic rings. The van der Waals surface area contributed by atoms with Crippen LogP contribution in [0, 0.1) is 5.92 Å². The molecule has 0 aromatic heterocycles. The van der Waals surface area contributed by atoms with Crippen LogP contribution >= 0.6 is 0 Å². The molecule has 0 bridgehead atoms. The van der Waals surface area contributed by atoms with Crippen LogP contribution < -0.4 is 11.1 Å². The first-order valence-corrected chi connectivity index (χ1v) is 9.60. The Morgan fingerprint density at radius 3 is 2.36 bits per heavy atom. The normalized spacial score (nSPS) is 16.3. The van der Waals surface area contributed by atoms with Gasteiger partial charge in [-0.1, -0.05) is 49.4 Å². The molecule has 0 saturated carbocycles. The van der Waals surface area contributed by atoms with Gasteiger partial charge in [0.25, 0.3) is 0 Å². The summed E-state index contributed by atoms with van der Waals surface area (Å²) in [7, 11) is 0. The Labute approximate surface area is 165 Å². The van der Waals surface area contributed by atoms with Crippen LogP contribution in [0.15, 0.2) is 54.6 Å². The average molecular weight is 381 g/mol. The van der Waals surface area contributed by atoms with Gasteiger partial charge in [-0.3, -0.25) is 9.59 Å². The predicted octanol–water partition coefficient (Wildman–Crippen LogP) is 2.36. The molecule has 2 aromatic carbocycles. The first-order chi connectivity index (χ1) is 13.5. The second-order valence-corrected chi connectivity index (χ2v) is 7.08. The van der Waals surface area contributed by atoms with Crippen molar-refractivity contribution in [3.8, 4) is 0 Å².